The van der Waals surface area contributed by atoms with Crippen molar-refractivity contribution in [2.45, 2.75) is 66.5 Å². The summed E-state index contributed by atoms with van der Waals surface area (Å²) in [7, 11) is 1.60. The first-order valence-corrected chi connectivity index (χ1v) is 14.9. The minimum absolute atomic E-state index is 0.154. The Bertz CT molecular complexity index is 1610. The number of aromatic nitrogens is 2. The highest BCUT2D eigenvalue weighted by Gasteiger charge is 2.33. The monoisotopic (exact) mass is 618 g/mol. The van der Waals surface area contributed by atoms with Crippen molar-refractivity contribution in [1.82, 2.24) is 14.5 Å². The van der Waals surface area contributed by atoms with E-state index in [9.17, 15) is 14.9 Å². The molecule has 0 saturated carbocycles. The first kappa shape index (κ1) is 33.1. The maximum Gasteiger partial charge on any atom is 0.425 e. The molecular formula is C33H42N6O6. The Morgan fingerprint density at radius 1 is 1.13 bits per heavy atom. The fraction of sp³-hybridized carbons (Fsp3) is 0.455. The highest BCUT2D eigenvalue weighted by atomic mass is 16.6. The minimum Gasteiger partial charge on any atom is -0.491 e. The van der Waals surface area contributed by atoms with E-state index in [0.717, 1.165) is 5.57 Å². The molecule has 240 valence electrons. The van der Waals surface area contributed by atoms with E-state index < -0.39 is 11.7 Å². The third kappa shape index (κ3) is 7.67. The Hall–Kier alpha value is -4.76. The highest BCUT2D eigenvalue weighted by Crippen LogP contribution is 2.38. The molecule has 1 aliphatic heterocycles. The molecule has 0 spiro atoms. The lowest BCUT2D eigenvalue weighted by Gasteiger charge is -2.28. The Morgan fingerprint density at radius 3 is 2.47 bits per heavy atom. The van der Waals surface area contributed by atoms with E-state index in [1.54, 1.807) is 60.0 Å². The number of hydrogen-bond donors (Lipinski definition) is 1. The molecule has 3 aromatic rings. The van der Waals surface area contributed by atoms with Gasteiger partial charge in [0.25, 0.3) is 0 Å². The molecule has 3 heterocycles. The molecule has 1 atom stereocenters. The van der Waals surface area contributed by atoms with Crippen molar-refractivity contribution >= 4 is 34.9 Å². The summed E-state index contributed by atoms with van der Waals surface area (Å²) in [6, 6.07) is 10.9. The summed E-state index contributed by atoms with van der Waals surface area (Å²) < 4.78 is 23.8. The van der Waals surface area contributed by atoms with Gasteiger partial charge in [0.15, 0.2) is 0 Å². The van der Waals surface area contributed by atoms with Gasteiger partial charge < -0.3 is 29.2 Å². The van der Waals surface area contributed by atoms with Crippen molar-refractivity contribution in [1.29, 1.82) is 5.26 Å². The van der Waals surface area contributed by atoms with Gasteiger partial charge in [-0.1, -0.05) is 0 Å². The molecule has 4 rings (SSSR count). The SMILES string of the molecule is COCCOc1ccc(N(C(=O)OC(C)=C(C)C)c2c(C)c(N[C@H]3CCN(C(=O)OC(C)(C)C)C3)c(C#N)c3ccnn23)cc1. The topological polar surface area (TPSA) is 131 Å². The molecule has 1 N–H and O–H groups in total. The summed E-state index contributed by atoms with van der Waals surface area (Å²) in [4.78, 5) is 29.8. The number of amides is 2. The molecule has 0 bridgehead atoms. The van der Waals surface area contributed by atoms with Gasteiger partial charge in [-0.15, -0.1) is 0 Å². The third-order valence-corrected chi connectivity index (χ3v) is 7.35. The van der Waals surface area contributed by atoms with Crippen LogP contribution in [0.5, 0.6) is 5.75 Å². The van der Waals surface area contributed by atoms with Crippen LogP contribution in [-0.4, -0.2) is 71.8 Å². The van der Waals surface area contributed by atoms with E-state index >= 15 is 0 Å². The molecule has 0 aliphatic carbocycles. The van der Waals surface area contributed by atoms with Gasteiger partial charge in [-0.05, 0) is 90.8 Å². The smallest absolute Gasteiger partial charge is 0.425 e. The second-order valence-corrected chi connectivity index (χ2v) is 12.1. The van der Waals surface area contributed by atoms with Gasteiger partial charge in [0.1, 0.15) is 41.2 Å². The fourth-order valence-electron chi connectivity index (χ4n) is 4.91. The largest absolute Gasteiger partial charge is 0.491 e. The van der Waals surface area contributed by atoms with Gasteiger partial charge >= 0.3 is 12.2 Å². The van der Waals surface area contributed by atoms with Gasteiger partial charge in [-0.25, -0.2) is 19.0 Å². The first-order valence-electron chi connectivity index (χ1n) is 14.9. The lowest BCUT2D eigenvalue weighted by atomic mass is 10.1. The number of nitriles is 1. The van der Waals surface area contributed by atoms with E-state index in [2.05, 4.69) is 16.5 Å². The molecule has 0 radical (unpaired) electrons. The highest BCUT2D eigenvalue weighted by molar-refractivity contribution is 5.98. The number of pyridine rings is 1. The minimum atomic E-state index is -0.644. The summed E-state index contributed by atoms with van der Waals surface area (Å²) in [5.74, 6) is 1.49. The van der Waals surface area contributed by atoms with Crippen LogP contribution in [0.15, 0.2) is 47.9 Å². The van der Waals surface area contributed by atoms with Gasteiger partial charge in [0, 0.05) is 31.8 Å². The van der Waals surface area contributed by atoms with Crippen molar-refractivity contribution in [3.8, 4) is 11.8 Å². The number of carbonyl (C=O) groups is 2. The van der Waals surface area contributed by atoms with Crippen LogP contribution in [-0.2, 0) is 14.2 Å². The summed E-state index contributed by atoms with van der Waals surface area (Å²) in [6.07, 6.45) is 1.21. The van der Waals surface area contributed by atoms with Crippen molar-refractivity contribution < 1.29 is 28.5 Å². The van der Waals surface area contributed by atoms with Crippen molar-refractivity contribution in [3.63, 3.8) is 0 Å². The Morgan fingerprint density at radius 2 is 1.84 bits per heavy atom. The predicted molar refractivity (Wildman–Crippen MR) is 171 cm³/mol. The number of allylic oxidation sites excluding steroid dienone is 2. The standard InChI is InChI=1S/C33H42N6O6/c1-21(2)23(4)44-32(41)38(25-9-11-26(12-10-25)43-18-17-42-8)30-22(3)29(27(19-34)28-13-15-35-39(28)30)36-24-14-16-37(20-24)31(40)45-33(5,6)7/h9-13,15,24,36H,14,16-18,20H2,1-8H3/t24-/m0/s1. The number of carbonyl (C=O) groups excluding carboxylic acids is 2. The van der Waals surface area contributed by atoms with E-state index in [4.69, 9.17) is 18.9 Å². The second-order valence-electron chi connectivity index (χ2n) is 12.1. The molecule has 1 aliphatic rings. The molecule has 1 saturated heterocycles. The van der Waals surface area contributed by atoms with E-state index in [-0.39, 0.29) is 12.1 Å². The average Bonchev–Trinajstić information content (AvgIpc) is 3.65. The molecule has 1 aromatic carbocycles. The second kappa shape index (κ2) is 13.9. The summed E-state index contributed by atoms with van der Waals surface area (Å²) in [6.45, 7) is 14.5. The third-order valence-electron chi connectivity index (χ3n) is 7.35. The number of hydrogen-bond acceptors (Lipinski definition) is 9. The number of ether oxygens (including phenoxy) is 4. The van der Waals surface area contributed by atoms with Crippen LogP contribution in [0.25, 0.3) is 5.52 Å². The Balaban J connectivity index is 1.78. The molecule has 45 heavy (non-hydrogen) atoms. The zero-order valence-electron chi connectivity index (χ0n) is 27.3. The molecular weight excluding hydrogens is 576 g/mol. The number of benzene rings is 1. The summed E-state index contributed by atoms with van der Waals surface area (Å²) in [5, 5.41) is 18.3. The lowest BCUT2D eigenvalue weighted by molar-refractivity contribution is 0.0293. The first-order chi connectivity index (χ1) is 21.3. The number of nitrogens with one attached hydrogen (secondary N) is 1. The van der Waals surface area contributed by atoms with Gasteiger partial charge in [-0.2, -0.15) is 10.4 Å². The van der Waals surface area contributed by atoms with E-state index in [0.29, 0.717) is 78.1 Å². The average molecular weight is 619 g/mol. The molecule has 12 nitrogen and oxygen atoms in total. The Kier molecular flexibility index (Phi) is 10.2. The number of rotatable bonds is 9. The maximum atomic E-state index is 14.0. The van der Waals surface area contributed by atoms with Crippen LogP contribution in [0.3, 0.4) is 0 Å². The predicted octanol–water partition coefficient (Wildman–Crippen LogP) is 6.55. The number of anilines is 3. The number of nitrogens with zero attached hydrogens (tertiary/aromatic N) is 5. The maximum absolute atomic E-state index is 14.0. The van der Waals surface area contributed by atoms with Crippen LogP contribution >= 0.6 is 0 Å². The van der Waals surface area contributed by atoms with Gasteiger partial charge in [0.2, 0.25) is 0 Å². The van der Waals surface area contributed by atoms with Crippen LogP contribution in [0.1, 0.15) is 59.1 Å². The zero-order valence-corrected chi connectivity index (χ0v) is 27.3. The van der Waals surface area contributed by atoms with Crippen LogP contribution in [0.4, 0.5) is 26.8 Å². The lowest BCUT2D eigenvalue weighted by Crippen LogP contribution is -2.36. The van der Waals surface area contributed by atoms with Crippen molar-refractivity contribution in [3.05, 3.63) is 59.0 Å². The van der Waals surface area contributed by atoms with Crippen molar-refractivity contribution in [2.24, 2.45) is 0 Å². The molecule has 12 heteroatoms. The zero-order chi connectivity index (χ0) is 32.9. The van der Waals surface area contributed by atoms with E-state index in [1.807, 2.05) is 41.5 Å². The van der Waals surface area contributed by atoms with Crippen LogP contribution in [0, 0.1) is 18.3 Å². The quantitative estimate of drug-likeness (QED) is 0.210. The fourth-order valence-corrected chi connectivity index (χ4v) is 4.91. The van der Waals surface area contributed by atoms with Gasteiger partial charge in [0.05, 0.1) is 29.7 Å². The van der Waals surface area contributed by atoms with Crippen LogP contribution in [0.2, 0.25) is 0 Å². The van der Waals surface area contributed by atoms with E-state index in [1.165, 1.54) is 4.90 Å². The summed E-state index contributed by atoms with van der Waals surface area (Å²) >= 11 is 0. The van der Waals surface area contributed by atoms with Crippen molar-refractivity contribution in [2.75, 3.05) is 43.6 Å². The molecule has 2 amide bonds. The number of fused-ring (bicyclic) bond motifs is 1. The van der Waals surface area contributed by atoms with Crippen LogP contribution < -0.4 is 15.0 Å². The van der Waals surface area contributed by atoms with Gasteiger partial charge in [-0.3, -0.25) is 0 Å². The molecule has 0 unspecified atom stereocenters. The molecule has 1 fully saturated rings. The number of methoxy groups -OCH3 is 1. The Labute approximate surface area is 264 Å². The summed E-state index contributed by atoms with van der Waals surface area (Å²) in [5.41, 5.74) is 2.79. The number of likely N-dealkylation sites (tertiary alicyclic amines) is 1. The normalized spacial score (nSPS) is 14.6. The molecule has 2 aromatic heterocycles.